The molecule has 0 amide bonds. The molecule has 1 heterocycles. The molecule has 2 aromatic carbocycles. The Kier molecular flexibility index (Phi) is 6.82. The zero-order valence-electron chi connectivity index (χ0n) is 17.3. The van der Waals surface area contributed by atoms with Crippen molar-refractivity contribution in [3.63, 3.8) is 0 Å². The lowest BCUT2D eigenvalue weighted by Gasteiger charge is -2.38. The van der Waals surface area contributed by atoms with Gasteiger partial charge in [-0.1, -0.05) is 6.07 Å². The van der Waals surface area contributed by atoms with Crippen LogP contribution < -0.4 is 14.4 Å². The molecule has 3 rings (SSSR count). The molecule has 0 saturated carbocycles. The van der Waals surface area contributed by atoms with Crippen LogP contribution in [0.1, 0.15) is 5.56 Å². The minimum absolute atomic E-state index is 0.00589. The maximum Gasteiger partial charge on any atom is 0.343 e. The number of carbonyl (C=O) groups excluding carboxylic acids is 1. The second-order valence-corrected chi connectivity index (χ2v) is 9.41. The number of ether oxygens (including phenoxy) is 3. The Labute approximate surface area is 183 Å². The number of nitro benzene ring substituents is 1. The highest BCUT2D eigenvalue weighted by molar-refractivity contribution is 7.90. The third-order valence-electron chi connectivity index (χ3n) is 4.74. The lowest BCUT2D eigenvalue weighted by molar-refractivity contribution is -0.385. The fourth-order valence-electron chi connectivity index (χ4n) is 3.33. The molecule has 1 atom stereocenters. The smallest absolute Gasteiger partial charge is 0.343 e. The lowest BCUT2D eigenvalue weighted by atomic mass is 10.1. The van der Waals surface area contributed by atoms with E-state index < -0.39 is 39.2 Å². The molecule has 2 aromatic rings. The highest BCUT2D eigenvalue weighted by atomic mass is 32.2. The summed E-state index contributed by atoms with van der Waals surface area (Å²) < 4.78 is 52.7. The first-order chi connectivity index (χ1) is 15.1. The second kappa shape index (κ2) is 9.39. The number of benzene rings is 2. The van der Waals surface area contributed by atoms with Crippen LogP contribution in [0.5, 0.6) is 11.5 Å². The van der Waals surface area contributed by atoms with E-state index in [0.717, 1.165) is 6.26 Å². The van der Waals surface area contributed by atoms with Gasteiger partial charge in [0, 0.05) is 24.9 Å². The van der Waals surface area contributed by atoms with Crippen molar-refractivity contribution in [1.29, 1.82) is 0 Å². The number of hydrogen-bond acceptors (Lipinski definition) is 9. The van der Waals surface area contributed by atoms with E-state index in [2.05, 4.69) is 4.74 Å². The van der Waals surface area contributed by atoms with Crippen LogP contribution in [0.25, 0.3) is 0 Å². The molecule has 0 aromatic heterocycles. The van der Waals surface area contributed by atoms with E-state index in [1.807, 2.05) is 0 Å². The SMILES string of the molecule is COC(=O)COc1ccc(CN2c3ccc(F)cc3OCC2CS(C)(=O)=O)cc1[N+](=O)[O-]. The monoisotopic (exact) mass is 468 g/mol. The van der Waals surface area contributed by atoms with Gasteiger partial charge in [-0.2, -0.15) is 0 Å². The van der Waals surface area contributed by atoms with Crippen LogP contribution in [0.2, 0.25) is 0 Å². The van der Waals surface area contributed by atoms with Crippen molar-refractivity contribution in [2.75, 3.05) is 37.2 Å². The van der Waals surface area contributed by atoms with Gasteiger partial charge in [0.2, 0.25) is 0 Å². The number of nitro groups is 1. The maximum absolute atomic E-state index is 13.6. The molecule has 1 aliphatic rings. The highest BCUT2D eigenvalue weighted by Gasteiger charge is 2.31. The molecule has 0 fully saturated rings. The van der Waals surface area contributed by atoms with Crippen molar-refractivity contribution in [3.05, 3.63) is 57.9 Å². The summed E-state index contributed by atoms with van der Waals surface area (Å²) in [4.78, 5) is 23.9. The van der Waals surface area contributed by atoms with Gasteiger partial charge in [-0.25, -0.2) is 17.6 Å². The number of rotatable bonds is 8. The van der Waals surface area contributed by atoms with Crippen molar-refractivity contribution in [2.45, 2.75) is 12.6 Å². The van der Waals surface area contributed by atoms with E-state index in [4.69, 9.17) is 9.47 Å². The molecular weight excluding hydrogens is 447 g/mol. The van der Waals surface area contributed by atoms with E-state index in [9.17, 15) is 27.7 Å². The minimum atomic E-state index is -3.37. The van der Waals surface area contributed by atoms with Gasteiger partial charge in [0.25, 0.3) is 0 Å². The Bertz CT molecular complexity index is 1140. The van der Waals surface area contributed by atoms with Crippen LogP contribution in [0, 0.1) is 15.9 Å². The number of carbonyl (C=O) groups is 1. The van der Waals surface area contributed by atoms with Crippen LogP contribution in [-0.2, 0) is 25.9 Å². The fraction of sp³-hybridized carbons (Fsp3) is 0.350. The molecule has 0 bridgehead atoms. The van der Waals surface area contributed by atoms with E-state index in [1.165, 1.54) is 37.4 Å². The Morgan fingerprint density at radius 1 is 1.31 bits per heavy atom. The van der Waals surface area contributed by atoms with Crippen molar-refractivity contribution in [3.8, 4) is 11.5 Å². The third-order valence-corrected chi connectivity index (χ3v) is 5.73. The number of halogens is 1. The highest BCUT2D eigenvalue weighted by Crippen LogP contribution is 2.37. The summed E-state index contributed by atoms with van der Waals surface area (Å²) in [7, 11) is -2.20. The Balaban J connectivity index is 1.94. The molecule has 172 valence electrons. The molecule has 0 radical (unpaired) electrons. The molecule has 12 heteroatoms. The quantitative estimate of drug-likeness (QED) is 0.325. The van der Waals surface area contributed by atoms with E-state index in [-0.39, 0.29) is 36.1 Å². The predicted molar refractivity (Wildman–Crippen MR) is 112 cm³/mol. The normalized spacial score (nSPS) is 15.5. The van der Waals surface area contributed by atoms with Gasteiger partial charge in [-0.3, -0.25) is 10.1 Å². The summed E-state index contributed by atoms with van der Waals surface area (Å²) in [5.41, 5.74) is 0.594. The van der Waals surface area contributed by atoms with Crippen molar-refractivity contribution >= 4 is 27.2 Å². The van der Waals surface area contributed by atoms with Gasteiger partial charge in [0.1, 0.15) is 28.0 Å². The predicted octanol–water partition coefficient (Wildman–Crippen LogP) is 2.10. The third kappa shape index (κ3) is 5.63. The molecule has 0 saturated heterocycles. The zero-order chi connectivity index (χ0) is 23.5. The van der Waals surface area contributed by atoms with Gasteiger partial charge >= 0.3 is 11.7 Å². The second-order valence-electron chi connectivity index (χ2n) is 7.22. The first kappa shape index (κ1) is 23.3. The minimum Gasteiger partial charge on any atom is -0.489 e. The van der Waals surface area contributed by atoms with Gasteiger partial charge < -0.3 is 19.1 Å². The first-order valence-corrected chi connectivity index (χ1v) is 11.5. The van der Waals surface area contributed by atoms with Crippen LogP contribution in [0.4, 0.5) is 15.8 Å². The van der Waals surface area contributed by atoms with Crippen LogP contribution in [-0.4, -0.2) is 57.7 Å². The molecule has 0 spiro atoms. The number of nitrogens with zero attached hydrogens (tertiary/aromatic N) is 2. The number of methoxy groups -OCH3 is 1. The fourth-order valence-corrected chi connectivity index (χ4v) is 4.31. The maximum atomic E-state index is 13.6. The van der Waals surface area contributed by atoms with Crippen molar-refractivity contribution in [2.24, 2.45) is 0 Å². The molecule has 1 unspecified atom stereocenters. The van der Waals surface area contributed by atoms with Gasteiger partial charge in [0.15, 0.2) is 12.4 Å². The molecular formula is C20H21FN2O8S. The van der Waals surface area contributed by atoms with Gasteiger partial charge in [-0.15, -0.1) is 0 Å². The number of hydrogen-bond donors (Lipinski definition) is 0. The summed E-state index contributed by atoms with van der Waals surface area (Å²) in [6.45, 7) is -0.387. The van der Waals surface area contributed by atoms with E-state index in [1.54, 1.807) is 11.0 Å². The summed E-state index contributed by atoms with van der Waals surface area (Å²) in [5.74, 6) is -1.27. The summed E-state index contributed by atoms with van der Waals surface area (Å²) in [6, 6.07) is 7.51. The Morgan fingerprint density at radius 2 is 2.06 bits per heavy atom. The zero-order valence-corrected chi connectivity index (χ0v) is 18.1. The van der Waals surface area contributed by atoms with E-state index >= 15 is 0 Å². The van der Waals surface area contributed by atoms with Crippen LogP contribution in [0.3, 0.4) is 0 Å². The molecule has 1 aliphatic heterocycles. The molecule has 0 N–H and O–H groups in total. The first-order valence-electron chi connectivity index (χ1n) is 9.41. The van der Waals surface area contributed by atoms with E-state index in [0.29, 0.717) is 11.3 Å². The summed E-state index contributed by atoms with van der Waals surface area (Å²) in [5, 5.41) is 11.5. The molecule has 0 aliphatic carbocycles. The topological polar surface area (TPSA) is 125 Å². The van der Waals surface area contributed by atoms with Gasteiger partial charge in [-0.05, 0) is 23.8 Å². The van der Waals surface area contributed by atoms with Crippen LogP contribution >= 0.6 is 0 Å². The average Bonchev–Trinajstić information content (AvgIpc) is 2.72. The number of esters is 1. The lowest BCUT2D eigenvalue weighted by Crippen LogP contribution is -2.46. The molecule has 32 heavy (non-hydrogen) atoms. The summed E-state index contributed by atoms with van der Waals surface area (Å²) in [6.07, 6.45) is 1.10. The Hall–Kier alpha value is -3.41. The number of fused-ring (bicyclic) bond motifs is 1. The summed E-state index contributed by atoms with van der Waals surface area (Å²) >= 11 is 0. The standard InChI is InChI=1S/C20H21FN2O8S/c1-29-20(24)11-31-18-6-3-13(7-17(18)23(25)26)9-22-15(12-32(2,27)28)10-30-19-8-14(21)4-5-16(19)22/h3-8,15H,9-12H2,1-2H3. The number of sulfone groups is 1. The van der Waals surface area contributed by atoms with Gasteiger partial charge in [0.05, 0.1) is 29.5 Å². The van der Waals surface area contributed by atoms with Crippen LogP contribution in [0.15, 0.2) is 36.4 Å². The van der Waals surface area contributed by atoms with Crippen molar-refractivity contribution in [1.82, 2.24) is 0 Å². The average molecular weight is 468 g/mol. The largest absolute Gasteiger partial charge is 0.489 e. The molecule has 10 nitrogen and oxygen atoms in total. The number of anilines is 1. The Morgan fingerprint density at radius 3 is 2.72 bits per heavy atom. The van der Waals surface area contributed by atoms with Crippen molar-refractivity contribution < 1.29 is 36.7 Å².